The van der Waals surface area contributed by atoms with Crippen LogP contribution < -0.4 is 5.32 Å². The Bertz CT molecular complexity index is 925. The summed E-state index contributed by atoms with van der Waals surface area (Å²) >= 11 is 1.29. The minimum atomic E-state index is -0.362. The monoisotopic (exact) mass is 397 g/mol. The first-order valence-corrected chi connectivity index (χ1v) is 9.57. The van der Waals surface area contributed by atoms with Crippen LogP contribution in [0.15, 0.2) is 58.7 Å². The minimum Gasteiger partial charge on any atom is -0.507 e. The van der Waals surface area contributed by atoms with Crippen molar-refractivity contribution in [2.75, 3.05) is 6.61 Å². The van der Waals surface area contributed by atoms with E-state index in [0.717, 1.165) is 5.56 Å². The number of amides is 1. The molecule has 2 N–H and O–H groups in total. The molecule has 7 nitrogen and oxygen atoms in total. The number of nitrogens with zero attached hydrogens (tertiary/aromatic N) is 2. The molecule has 8 heteroatoms. The van der Waals surface area contributed by atoms with Gasteiger partial charge in [-0.25, -0.2) is 4.79 Å². The Labute approximate surface area is 166 Å². The van der Waals surface area contributed by atoms with Gasteiger partial charge in [0.25, 0.3) is 0 Å². The molecule has 1 atom stereocenters. The third-order valence-corrected chi connectivity index (χ3v) is 5.02. The average Bonchev–Trinajstić information content (AvgIpc) is 3.03. The molecule has 2 aromatic rings. The third kappa shape index (κ3) is 4.98. The lowest BCUT2D eigenvalue weighted by Crippen LogP contribution is -2.25. The number of benzene rings is 2. The number of carbonyl (C=O) groups is 2. The number of esters is 1. The van der Waals surface area contributed by atoms with Crippen LogP contribution in [-0.2, 0) is 16.0 Å². The van der Waals surface area contributed by atoms with Crippen LogP contribution in [-0.4, -0.2) is 40.2 Å². The fourth-order valence-corrected chi connectivity index (χ4v) is 3.50. The molecule has 1 saturated heterocycles. The zero-order valence-corrected chi connectivity index (χ0v) is 16.0. The summed E-state index contributed by atoms with van der Waals surface area (Å²) in [6.07, 6.45) is 1.93. The highest BCUT2D eigenvalue weighted by Crippen LogP contribution is 2.23. The normalized spacial score (nSPS) is 17.8. The molecule has 2 aromatic carbocycles. The van der Waals surface area contributed by atoms with Crippen molar-refractivity contribution in [3.8, 4) is 5.75 Å². The second-order valence-corrected chi connectivity index (χ2v) is 7.12. The number of aromatic hydroxyl groups is 1. The summed E-state index contributed by atoms with van der Waals surface area (Å²) in [4.78, 5) is 23.8. The quantitative estimate of drug-likeness (QED) is 0.443. The topological polar surface area (TPSA) is 100 Å². The van der Waals surface area contributed by atoms with Gasteiger partial charge in [-0.2, -0.15) is 5.10 Å². The number of nitrogens with one attached hydrogen (secondary N) is 1. The van der Waals surface area contributed by atoms with E-state index in [-0.39, 0.29) is 22.9 Å². The number of carbonyl (C=O) groups excluding carboxylic acids is 2. The summed E-state index contributed by atoms with van der Waals surface area (Å²) < 4.78 is 4.96. The van der Waals surface area contributed by atoms with E-state index in [4.69, 9.17) is 4.74 Å². The largest absolute Gasteiger partial charge is 0.507 e. The molecule has 0 radical (unpaired) electrons. The van der Waals surface area contributed by atoms with Crippen LogP contribution in [0, 0.1) is 0 Å². The number of amidine groups is 1. The molecule has 1 aliphatic heterocycles. The van der Waals surface area contributed by atoms with Crippen molar-refractivity contribution in [3.63, 3.8) is 0 Å². The van der Waals surface area contributed by atoms with Gasteiger partial charge in [-0.15, -0.1) is 5.10 Å². The van der Waals surface area contributed by atoms with E-state index in [9.17, 15) is 14.7 Å². The van der Waals surface area contributed by atoms with Crippen LogP contribution in [0.25, 0.3) is 0 Å². The van der Waals surface area contributed by atoms with Crippen LogP contribution in [0.2, 0.25) is 0 Å². The molecule has 0 bridgehead atoms. The number of para-hydroxylation sites is 1. The maximum absolute atomic E-state index is 12.2. The maximum Gasteiger partial charge on any atom is 0.338 e. The lowest BCUT2D eigenvalue weighted by Gasteiger charge is -2.06. The van der Waals surface area contributed by atoms with Crippen molar-refractivity contribution in [1.82, 2.24) is 5.32 Å². The van der Waals surface area contributed by atoms with E-state index in [1.807, 2.05) is 12.1 Å². The molecule has 1 aliphatic rings. The minimum absolute atomic E-state index is 0.110. The molecule has 1 fully saturated rings. The molecule has 1 amide bonds. The Kier molecular flexibility index (Phi) is 6.44. The van der Waals surface area contributed by atoms with E-state index < -0.39 is 0 Å². The first-order valence-electron chi connectivity index (χ1n) is 8.69. The van der Waals surface area contributed by atoms with Gasteiger partial charge < -0.3 is 15.2 Å². The van der Waals surface area contributed by atoms with Gasteiger partial charge in [0.1, 0.15) is 5.75 Å². The van der Waals surface area contributed by atoms with Gasteiger partial charge in [-0.05, 0) is 43.2 Å². The molecule has 144 valence electrons. The molecule has 3 rings (SSSR count). The van der Waals surface area contributed by atoms with Crippen molar-refractivity contribution in [2.45, 2.75) is 18.6 Å². The molecule has 28 heavy (non-hydrogen) atoms. The second kappa shape index (κ2) is 9.18. The van der Waals surface area contributed by atoms with Crippen LogP contribution >= 0.6 is 11.8 Å². The van der Waals surface area contributed by atoms with E-state index >= 15 is 0 Å². The predicted octanol–water partition coefficient (Wildman–Crippen LogP) is 2.73. The molecule has 0 spiro atoms. The van der Waals surface area contributed by atoms with E-state index in [0.29, 0.717) is 29.3 Å². The van der Waals surface area contributed by atoms with Gasteiger partial charge in [0.05, 0.1) is 23.6 Å². The molecule has 0 aromatic heterocycles. The number of ether oxygens (including phenoxy) is 1. The fraction of sp³-hybridized carbons (Fsp3) is 0.200. The second-order valence-electron chi connectivity index (χ2n) is 5.93. The number of phenolic OH excluding ortho intramolecular Hbond substituents is 1. The Hall–Kier alpha value is -3.13. The van der Waals surface area contributed by atoms with Crippen molar-refractivity contribution in [1.29, 1.82) is 0 Å². The number of hydrogen-bond donors (Lipinski definition) is 2. The van der Waals surface area contributed by atoms with Crippen molar-refractivity contribution in [3.05, 3.63) is 65.2 Å². The van der Waals surface area contributed by atoms with Gasteiger partial charge in [0.2, 0.25) is 5.91 Å². The van der Waals surface area contributed by atoms with Crippen molar-refractivity contribution >= 4 is 35.0 Å². The highest BCUT2D eigenvalue weighted by molar-refractivity contribution is 8.15. The highest BCUT2D eigenvalue weighted by atomic mass is 32.2. The Morgan fingerprint density at radius 2 is 2.00 bits per heavy atom. The first kappa shape index (κ1) is 19.6. The maximum atomic E-state index is 12.2. The number of thioether (sulfide) groups is 1. The molecule has 1 heterocycles. The van der Waals surface area contributed by atoms with E-state index in [2.05, 4.69) is 15.5 Å². The van der Waals surface area contributed by atoms with Crippen LogP contribution in [0.3, 0.4) is 0 Å². The van der Waals surface area contributed by atoms with Crippen LogP contribution in [0.1, 0.15) is 28.4 Å². The average molecular weight is 397 g/mol. The number of hydrogen-bond acceptors (Lipinski definition) is 7. The van der Waals surface area contributed by atoms with Gasteiger partial charge in [-0.3, -0.25) is 4.79 Å². The Morgan fingerprint density at radius 3 is 2.71 bits per heavy atom. The standard InChI is InChI=1S/C20H19N3O4S/c1-2-27-19(26)14-9-7-13(8-10-14)11-17-18(25)22-20(28-17)23-21-12-15-5-3-4-6-16(15)24/h3-10,12,17,24H,2,11H2,1H3,(H,22,23,25). The first-order chi connectivity index (χ1) is 13.6. The third-order valence-electron chi connectivity index (χ3n) is 3.94. The van der Waals surface area contributed by atoms with Gasteiger partial charge in [0, 0.05) is 5.56 Å². The smallest absolute Gasteiger partial charge is 0.338 e. The van der Waals surface area contributed by atoms with Gasteiger partial charge >= 0.3 is 5.97 Å². The van der Waals surface area contributed by atoms with Crippen molar-refractivity contribution < 1.29 is 19.4 Å². The van der Waals surface area contributed by atoms with Gasteiger partial charge in [0.15, 0.2) is 5.17 Å². The van der Waals surface area contributed by atoms with E-state index in [1.165, 1.54) is 18.0 Å². The Morgan fingerprint density at radius 1 is 1.25 bits per heavy atom. The Balaban J connectivity index is 1.60. The van der Waals surface area contributed by atoms with Gasteiger partial charge in [-0.1, -0.05) is 36.0 Å². The summed E-state index contributed by atoms with van der Waals surface area (Å²) in [5.41, 5.74) is 1.95. The summed E-state index contributed by atoms with van der Waals surface area (Å²) in [6.45, 7) is 2.09. The summed E-state index contributed by atoms with van der Waals surface area (Å²) in [5.74, 6) is -0.395. The highest BCUT2D eigenvalue weighted by Gasteiger charge is 2.30. The predicted molar refractivity (Wildman–Crippen MR) is 109 cm³/mol. The molecule has 0 aliphatic carbocycles. The molecular weight excluding hydrogens is 378 g/mol. The van der Waals surface area contributed by atoms with Crippen LogP contribution in [0.4, 0.5) is 0 Å². The summed E-state index contributed by atoms with van der Waals surface area (Å²) in [6, 6.07) is 13.8. The number of rotatable bonds is 6. The van der Waals surface area contributed by atoms with Crippen molar-refractivity contribution in [2.24, 2.45) is 10.2 Å². The number of phenols is 1. The lowest BCUT2D eigenvalue weighted by atomic mass is 10.1. The fourth-order valence-electron chi connectivity index (χ4n) is 2.53. The summed E-state index contributed by atoms with van der Waals surface area (Å²) in [7, 11) is 0. The molecule has 0 saturated carbocycles. The zero-order valence-electron chi connectivity index (χ0n) is 15.2. The lowest BCUT2D eigenvalue weighted by molar-refractivity contribution is -0.118. The van der Waals surface area contributed by atoms with E-state index in [1.54, 1.807) is 43.3 Å². The summed E-state index contributed by atoms with van der Waals surface area (Å²) in [5, 5.41) is 20.4. The molecule has 1 unspecified atom stereocenters. The van der Waals surface area contributed by atoms with Crippen LogP contribution in [0.5, 0.6) is 5.75 Å². The zero-order chi connectivity index (χ0) is 19.9. The SMILES string of the molecule is CCOC(=O)c1ccc(CC2S/C(=N\N=Cc3ccccc3O)NC2=O)cc1. The molecular formula is C20H19N3O4S.